The lowest BCUT2D eigenvalue weighted by Crippen LogP contribution is -2.05. The van der Waals surface area contributed by atoms with Gasteiger partial charge in [0.05, 0.1) is 22.5 Å². The number of carbonyl (C=O) groups is 2. The van der Waals surface area contributed by atoms with Crippen LogP contribution in [-0.4, -0.2) is 29.2 Å². The molecule has 10 heteroatoms. The van der Waals surface area contributed by atoms with Crippen molar-refractivity contribution in [2.75, 3.05) is 7.11 Å². The molecule has 0 unspecified atom stereocenters. The normalized spacial score (nSPS) is 10.1. The summed E-state index contributed by atoms with van der Waals surface area (Å²) in [5, 5.41) is 22.5. The average Bonchev–Trinajstić information content (AvgIpc) is 3.01. The van der Waals surface area contributed by atoms with Crippen LogP contribution < -0.4 is 0 Å². The number of rotatable bonds is 5. The summed E-state index contributed by atoms with van der Waals surface area (Å²) in [6, 6.07) is 4.09. The Labute approximate surface area is 127 Å². The van der Waals surface area contributed by atoms with Gasteiger partial charge >= 0.3 is 5.97 Å². The maximum atomic E-state index is 11.5. The summed E-state index contributed by atoms with van der Waals surface area (Å²) in [6.45, 7) is 0. The van der Waals surface area contributed by atoms with Gasteiger partial charge in [0.15, 0.2) is 17.6 Å². The molecule has 23 heavy (non-hydrogen) atoms. The van der Waals surface area contributed by atoms with Crippen molar-refractivity contribution in [1.29, 1.82) is 0 Å². The standard InChI is InChI=1S/C13H8N2O8/c1-22-13(17)7-4-9(14(18)19)12(10(5-7)15(20)21)11-3-2-8(6-16)23-11/h2-6H,1H3. The number of carbonyl (C=O) groups excluding carboxylic acids is 2. The van der Waals surface area contributed by atoms with E-state index >= 15 is 0 Å². The van der Waals surface area contributed by atoms with Crippen molar-refractivity contribution in [2.45, 2.75) is 0 Å². The van der Waals surface area contributed by atoms with Crippen molar-refractivity contribution in [3.8, 4) is 11.3 Å². The van der Waals surface area contributed by atoms with Gasteiger partial charge in [0.1, 0.15) is 5.76 Å². The van der Waals surface area contributed by atoms with Crippen LogP contribution in [0.5, 0.6) is 0 Å². The molecular weight excluding hydrogens is 312 g/mol. The number of aldehydes is 1. The van der Waals surface area contributed by atoms with Gasteiger partial charge in [-0.3, -0.25) is 25.0 Å². The van der Waals surface area contributed by atoms with Crippen LogP contribution in [0.2, 0.25) is 0 Å². The SMILES string of the molecule is COC(=O)c1cc([N+](=O)[O-])c(-c2ccc(C=O)o2)c([N+](=O)[O-])c1. The van der Waals surface area contributed by atoms with E-state index in [1.54, 1.807) is 0 Å². The van der Waals surface area contributed by atoms with Crippen LogP contribution in [0.4, 0.5) is 11.4 Å². The number of nitrogens with zero attached hydrogens (tertiary/aromatic N) is 2. The number of nitro benzene ring substituents is 2. The second kappa shape index (κ2) is 6.05. The fourth-order valence-corrected chi connectivity index (χ4v) is 1.94. The van der Waals surface area contributed by atoms with E-state index in [0.29, 0.717) is 6.29 Å². The molecule has 0 bridgehead atoms. The number of ether oxygens (including phenoxy) is 1. The monoisotopic (exact) mass is 320 g/mol. The zero-order chi connectivity index (χ0) is 17.1. The van der Waals surface area contributed by atoms with Gasteiger partial charge in [-0.25, -0.2) is 4.79 Å². The summed E-state index contributed by atoms with van der Waals surface area (Å²) in [5.74, 6) is -1.35. The highest BCUT2D eigenvalue weighted by atomic mass is 16.6. The second-order valence-corrected chi connectivity index (χ2v) is 4.22. The van der Waals surface area contributed by atoms with Gasteiger partial charge in [-0.1, -0.05) is 0 Å². The highest BCUT2D eigenvalue weighted by molar-refractivity contribution is 5.94. The lowest BCUT2D eigenvalue weighted by atomic mass is 10.0. The minimum atomic E-state index is -0.962. The molecule has 1 aromatic carbocycles. The molecule has 0 atom stereocenters. The summed E-state index contributed by atoms with van der Waals surface area (Å²) in [7, 11) is 1.04. The number of benzene rings is 1. The molecule has 2 aromatic rings. The van der Waals surface area contributed by atoms with Crippen molar-refractivity contribution in [3.05, 3.63) is 55.8 Å². The third-order valence-corrected chi connectivity index (χ3v) is 2.90. The van der Waals surface area contributed by atoms with Crippen LogP contribution in [0.3, 0.4) is 0 Å². The molecule has 10 nitrogen and oxygen atoms in total. The van der Waals surface area contributed by atoms with E-state index in [2.05, 4.69) is 4.74 Å². The van der Waals surface area contributed by atoms with Crippen LogP contribution >= 0.6 is 0 Å². The Hall–Kier alpha value is -3.56. The van der Waals surface area contributed by atoms with E-state index in [9.17, 15) is 29.8 Å². The average molecular weight is 320 g/mol. The van der Waals surface area contributed by atoms with E-state index in [0.717, 1.165) is 19.2 Å². The Kier molecular flexibility index (Phi) is 4.16. The van der Waals surface area contributed by atoms with Gasteiger partial charge in [-0.15, -0.1) is 0 Å². The summed E-state index contributed by atoms with van der Waals surface area (Å²) < 4.78 is 9.45. The Bertz CT molecular complexity index is 788. The molecule has 0 saturated heterocycles. The van der Waals surface area contributed by atoms with Crippen LogP contribution in [0.25, 0.3) is 11.3 Å². The molecule has 0 spiro atoms. The minimum absolute atomic E-state index is 0.152. The third kappa shape index (κ3) is 2.90. The molecule has 0 saturated carbocycles. The summed E-state index contributed by atoms with van der Waals surface area (Å²) >= 11 is 0. The molecule has 0 fully saturated rings. The molecule has 0 N–H and O–H groups in total. The number of hydrogen-bond donors (Lipinski definition) is 0. The van der Waals surface area contributed by atoms with Gasteiger partial charge in [0.25, 0.3) is 11.4 Å². The first-order valence-electron chi connectivity index (χ1n) is 5.99. The van der Waals surface area contributed by atoms with Gasteiger partial charge in [0.2, 0.25) is 0 Å². The van der Waals surface area contributed by atoms with Crippen LogP contribution in [0.1, 0.15) is 20.9 Å². The highest BCUT2D eigenvalue weighted by Crippen LogP contribution is 2.40. The zero-order valence-corrected chi connectivity index (χ0v) is 11.5. The van der Waals surface area contributed by atoms with Gasteiger partial charge in [-0.05, 0) is 12.1 Å². The Morgan fingerprint density at radius 1 is 1.17 bits per heavy atom. The van der Waals surface area contributed by atoms with E-state index in [1.165, 1.54) is 12.1 Å². The maximum Gasteiger partial charge on any atom is 0.338 e. The first-order valence-corrected chi connectivity index (χ1v) is 5.99. The van der Waals surface area contributed by atoms with E-state index < -0.39 is 32.8 Å². The first kappa shape index (κ1) is 15.8. The van der Waals surface area contributed by atoms with Crippen molar-refractivity contribution in [3.63, 3.8) is 0 Å². The summed E-state index contributed by atoms with van der Waals surface area (Å²) in [5.41, 5.74) is -2.23. The van der Waals surface area contributed by atoms with Gasteiger partial charge in [0, 0.05) is 12.1 Å². The largest absolute Gasteiger partial charge is 0.465 e. The number of furan rings is 1. The number of esters is 1. The molecule has 0 aliphatic carbocycles. The smallest absolute Gasteiger partial charge is 0.338 e. The number of nitro groups is 2. The molecule has 2 rings (SSSR count). The highest BCUT2D eigenvalue weighted by Gasteiger charge is 2.31. The number of hydrogen-bond acceptors (Lipinski definition) is 8. The fraction of sp³-hybridized carbons (Fsp3) is 0.0769. The fourth-order valence-electron chi connectivity index (χ4n) is 1.94. The zero-order valence-electron chi connectivity index (χ0n) is 11.5. The van der Waals surface area contributed by atoms with E-state index in [-0.39, 0.29) is 17.1 Å². The van der Waals surface area contributed by atoms with Gasteiger partial charge < -0.3 is 9.15 Å². The van der Waals surface area contributed by atoms with Crippen molar-refractivity contribution < 1.29 is 28.6 Å². The van der Waals surface area contributed by atoms with Crippen LogP contribution in [0, 0.1) is 20.2 Å². The molecule has 0 aliphatic heterocycles. The van der Waals surface area contributed by atoms with E-state index in [4.69, 9.17) is 4.42 Å². The van der Waals surface area contributed by atoms with Crippen molar-refractivity contribution >= 4 is 23.6 Å². The Morgan fingerprint density at radius 3 is 2.13 bits per heavy atom. The lowest BCUT2D eigenvalue weighted by Gasteiger charge is -2.05. The summed E-state index contributed by atoms with van der Waals surface area (Å²) in [4.78, 5) is 42.8. The lowest BCUT2D eigenvalue weighted by molar-refractivity contribution is -0.392. The number of methoxy groups -OCH3 is 1. The maximum absolute atomic E-state index is 11.5. The predicted molar refractivity (Wildman–Crippen MR) is 74.2 cm³/mol. The molecule has 1 heterocycles. The topological polar surface area (TPSA) is 143 Å². The predicted octanol–water partition coefficient (Wildman–Crippen LogP) is 2.36. The molecular formula is C13H8N2O8. The molecule has 0 aliphatic rings. The minimum Gasteiger partial charge on any atom is -0.465 e. The third-order valence-electron chi connectivity index (χ3n) is 2.90. The van der Waals surface area contributed by atoms with Crippen molar-refractivity contribution in [2.24, 2.45) is 0 Å². The Balaban J connectivity index is 2.81. The summed E-state index contributed by atoms with van der Waals surface area (Å²) in [6.07, 6.45) is 0.351. The Morgan fingerprint density at radius 2 is 1.74 bits per heavy atom. The van der Waals surface area contributed by atoms with Crippen LogP contribution in [0.15, 0.2) is 28.7 Å². The van der Waals surface area contributed by atoms with Crippen molar-refractivity contribution in [1.82, 2.24) is 0 Å². The second-order valence-electron chi connectivity index (χ2n) is 4.22. The molecule has 0 radical (unpaired) electrons. The quantitative estimate of drug-likeness (QED) is 0.353. The first-order chi connectivity index (χ1) is 10.9. The molecule has 0 amide bonds. The van der Waals surface area contributed by atoms with Gasteiger partial charge in [-0.2, -0.15) is 0 Å². The van der Waals surface area contributed by atoms with E-state index in [1.807, 2.05) is 0 Å². The molecule has 1 aromatic heterocycles. The van der Waals surface area contributed by atoms with Crippen LogP contribution in [-0.2, 0) is 4.74 Å². The molecule has 118 valence electrons.